The summed E-state index contributed by atoms with van der Waals surface area (Å²) in [6.07, 6.45) is 2.25. The largest absolute Gasteiger partial charge is 0.351 e. The van der Waals surface area contributed by atoms with Crippen molar-refractivity contribution in [1.82, 2.24) is 5.32 Å². The van der Waals surface area contributed by atoms with Crippen molar-refractivity contribution >= 4 is 17.5 Å². The summed E-state index contributed by atoms with van der Waals surface area (Å²) in [4.78, 5) is 12.0. The van der Waals surface area contributed by atoms with Gasteiger partial charge in [0.25, 0.3) is 5.91 Å². The summed E-state index contributed by atoms with van der Waals surface area (Å²) >= 11 is 5.90. The molecule has 2 nitrogen and oxygen atoms in total. The molecule has 0 atom stereocenters. The molecule has 0 aliphatic heterocycles. The van der Waals surface area contributed by atoms with Gasteiger partial charge >= 0.3 is 0 Å². The number of benzene rings is 1. The van der Waals surface area contributed by atoms with Gasteiger partial charge in [-0.2, -0.15) is 0 Å². The highest BCUT2D eigenvalue weighted by atomic mass is 35.5. The lowest BCUT2D eigenvalue weighted by atomic mass is 9.87. The van der Waals surface area contributed by atoms with Crippen molar-refractivity contribution in [3.05, 3.63) is 35.4 Å². The third kappa shape index (κ3) is 3.50. The molecule has 1 aliphatic rings. The first-order valence-corrected chi connectivity index (χ1v) is 7.35. The Morgan fingerprint density at radius 2 is 1.84 bits per heavy atom. The van der Waals surface area contributed by atoms with Gasteiger partial charge in [-0.05, 0) is 36.0 Å². The second-order valence-electron chi connectivity index (χ2n) is 6.64. The van der Waals surface area contributed by atoms with E-state index in [9.17, 15) is 4.79 Å². The van der Waals surface area contributed by atoms with Gasteiger partial charge in [0.15, 0.2) is 0 Å². The van der Waals surface area contributed by atoms with Gasteiger partial charge < -0.3 is 5.32 Å². The van der Waals surface area contributed by atoms with Crippen LogP contribution in [-0.2, 0) is 5.41 Å². The number of hydrogen-bond donors (Lipinski definition) is 1. The number of carbonyl (C=O) groups excluding carboxylic acids is 1. The lowest BCUT2D eigenvalue weighted by Gasteiger charge is -2.19. The monoisotopic (exact) mass is 279 g/mol. The summed E-state index contributed by atoms with van der Waals surface area (Å²) in [5.74, 6) is 0.632. The second kappa shape index (κ2) is 5.16. The summed E-state index contributed by atoms with van der Waals surface area (Å²) in [5.41, 5.74) is 2.25. The molecule has 0 saturated heterocycles. The van der Waals surface area contributed by atoms with E-state index in [1.807, 2.05) is 24.3 Å². The Morgan fingerprint density at radius 3 is 2.26 bits per heavy atom. The fraction of sp³-hybridized carbons (Fsp3) is 0.562. The van der Waals surface area contributed by atoms with Crippen molar-refractivity contribution in [1.29, 1.82) is 0 Å². The minimum absolute atomic E-state index is 0.00292. The molecule has 19 heavy (non-hydrogen) atoms. The van der Waals surface area contributed by atoms with E-state index in [0.717, 1.165) is 18.4 Å². The molecule has 0 aromatic heterocycles. The fourth-order valence-electron chi connectivity index (χ4n) is 2.03. The standard InChI is InChI=1S/C16H22ClNO/c1-15(2,3)13-6-4-12(5-7-13)14(19)18-11-16(10-17)8-9-16/h4-7H,8-11H2,1-3H3,(H,18,19). The SMILES string of the molecule is CC(C)(C)c1ccc(C(=O)NCC2(CCl)CC2)cc1. The first-order chi connectivity index (χ1) is 8.86. The molecule has 104 valence electrons. The van der Waals surface area contributed by atoms with Gasteiger partial charge in [-0.25, -0.2) is 0 Å². The van der Waals surface area contributed by atoms with Crippen LogP contribution in [0.15, 0.2) is 24.3 Å². The van der Waals surface area contributed by atoms with Gasteiger partial charge in [0.1, 0.15) is 0 Å². The predicted molar refractivity (Wildman–Crippen MR) is 79.9 cm³/mol. The van der Waals surface area contributed by atoms with Crippen molar-refractivity contribution in [2.75, 3.05) is 12.4 Å². The number of rotatable bonds is 4. The van der Waals surface area contributed by atoms with Gasteiger partial charge in [0, 0.05) is 23.4 Å². The zero-order valence-electron chi connectivity index (χ0n) is 11.9. The molecule has 1 fully saturated rings. The summed E-state index contributed by atoms with van der Waals surface area (Å²) in [6.45, 7) is 7.19. The molecule has 0 unspecified atom stereocenters. The molecule has 0 bridgehead atoms. The Morgan fingerprint density at radius 1 is 1.26 bits per heavy atom. The molecule has 1 aromatic rings. The smallest absolute Gasteiger partial charge is 0.251 e. The van der Waals surface area contributed by atoms with Gasteiger partial charge in [0.2, 0.25) is 0 Å². The molecule has 0 heterocycles. The maximum Gasteiger partial charge on any atom is 0.251 e. The van der Waals surface area contributed by atoms with E-state index in [2.05, 4.69) is 26.1 Å². The average Bonchev–Trinajstić information content (AvgIpc) is 3.16. The molecule has 0 spiro atoms. The summed E-state index contributed by atoms with van der Waals surface area (Å²) in [7, 11) is 0. The van der Waals surface area contributed by atoms with E-state index in [0.29, 0.717) is 12.4 Å². The molecule has 1 aromatic carbocycles. The highest BCUT2D eigenvalue weighted by Gasteiger charge is 2.41. The highest BCUT2D eigenvalue weighted by Crippen LogP contribution is 2.45. The Balaban J connectivity index is 1.96. The highest BCUT2D eigenvalue weighted by molar-refractivity contribution is 6.18. The van der Waals surface area contributed by atoms with Crippen LogP contribution < -0.4 is 5.32 Å². The average molecular weight is 280 g/mol. The Bertz CT molecular complexity index is 455. The summed E-state index contributed by atoms with van der Waals surface area (Å²) in [5, 5.41) is 2.99. The Labute approximate surface area is 120 Å². The third-order valence-electron chi connectivity index (χ3n) is 3.88. The van der Waals surface area contributed by atoms with Crippen molar-refractivity contribution in [2.45, 2.75) is 39.0 Å². The third-order valence-corrected chi connectivity index (χ3v) is 4.44. The van der Waals surface area contributed by atoms with E-state index in [1.165, 1.54) is 5.56 Å². The molecule has 1 aliphatic carbocycles. The summed E-state index contributed by atoms with van der Waals surface area (Å²) < 4.78 is 0. The predicted octanol–water partition coefficient (Wildman–Crippen LogP) is 3.73. The lowest BCUT2D eigenvalue weighted by Crippen LogP contribution is -2.31. The first-order valence-electron chi connectivity index (χ1n) is 6.81. The van der Waals surface area contributed by atoms with E-state index in [1.54, 1.807) is 0 Å². The van der Waals surface area contributed by atoms with Gasteiger partial charge in [-0.1, -0.05) is 32.9 Å². The summed E-state index contributed by atoms with van der Waals surface area (Å²) in [6, 6.07) is 7.86. The maximum atomic E-state index is 12.0. The zero-order valence-corrected chi connectivity index (χ0v) is 12.7. The van der Waals surface area contributed by atoms with Crippen LogP contribution in [0.1, 0.15) is 49.5 Å². The lowest BCUT2D eigenvalue weighted by molar-refractivity contribution is 0.0946. The topological polar surface area (TPSA) is 29.1 Å². The van der Waals surface area contributed by atoms with Crippen LogP contribution in [0.4, 0.5) is 0 Å². The minimum Gasteiger partial charge on any atom is -0.351 e. The fourth-order valence-corrected chi connectivity index (χ4v) is 2.39. The van der Waals surface area contributed by atoms with Crippen LogP contribution in [0.5, 0.6) is 0 Å². The van der Waals surface area contributed by atoms with Crippen LogP contribution in [0.25, 0.3) is 0 Å². The molecule has 1 N–H and O–H groups in total. The number of halogens is 1. The van der Waals surface area contributed by atoms with Gasteiger partial charge in [-0.15, -0.1) is 11.6 Å². The molecular formula is C16H22ClNO. The molecule has 0 radical (unpaired) electrons. The molecule has 1 amide bonds. The second-order valence-corrected chi connectivity index (χ2v) is 6.91. The van der Waals surface area contributed by atoms with E-state index in [-0.39, 0.29) is 16.7 Å². The number of nitrogens with one attached hydrogen (secondary N) is 1. The van der Waals surface area contributed by atoms with E-state index in [4.69, 9.17) is 11.6 Å². The van der Waals surface area contributed by atoms with Crippen LogP contribution in [0, 0.1) is 5.41 Å². The molecule has 3 heteroatoms. The van der Waals surface area contributed by atoms with Gasteiger partial charge in [0.05, 0.1) is 0 Å². The number of amides is 1. The quantitative estimate of drug-likeness (QED) is 0.836. The van der Waals surface area contributed by atoms with Crippen LogP contribution in [0.3, 0.4) is 0 Å². The van der Waals surface area contributed by atoms with Crippen molar-refractivity contribution in [3.8, 4) is 0 Å². The maximum absolute atomic E-state index is 12.0. The molecule has 1 saturated carbocycles. The van der Waals surface area contributed by atoms with E-state index < -0.39 is 0 Å². The van der Waals surface area contributed by atoms with Crippen molar-refractivity contribution in [3.63, 3.8) is 0 Å². The minimum atomic E-state index is -0.00292. The Kier molecular flexibility index (Phi) is 3.91. The number of hydrogen-bond acceptors (Lipinski definition) is 1. The van der Waals surface area contributed by atoms with Crippen LogP contribution in [-0.4, -0.2) is 18.3 Å². The first kappa shape index (κ1) is 14.4. The van der Waals surface area contributed by atoms with Gasteiger partial charge in [-0.3, -0.25) is 4.79 Å². The van der Waals surface area contributed by atoms with Crippen molar-refractivity contribution < 1.29 is 4.79 Å². The van der Waals surface area contributed by atoms with Crippen LogP contribution in [0.2, 0.25) is 0 Å². The number of carbonyl (C=O) groups is 1. The Hall–Kier alpha value is -1.02. The normalized spacial score (nSPS) is 17.1. The molecular weight excluding hydrogens is 258 g/mol. The molecule has 2 rings (SSSR count). The number of alkyl halides is 1. The van der Waals surface area contributed by atoms with E-state index >= 15 is 0 Å². The van der Waals surface area contributed by atoms with Crippen LogP contribution >= 0.6 is 11.6 Å². The zero-order chi connectivity index (χ0) is 14.1. The van der Waals surface area contributed by atoms with Crippen molar-refractivity contribution in [2.24, 2.45) is 5.41 Å².